The maximum atomic E-state index is 13.0. The fraction of sp³-hybridized carbons (Fsp3) is 0.565. The van der Waals surface area contributed by atoms with Gasteiger partial charge in [-0.05, 0) is 36.5 Å². The molecule has 0 saturated carbocycles. The highest BCUT2D eigenvalue weighted by Crippen LogP contribution is 2.25. The van der Waals surface area contributed by atoms with Gasteiger partial charge in [0.15, 0.2) is 0 Å². The third-order valence-electron chi connectivity index (χ3n) is 5.42. The number of nitrogens with zero attached hydrogens (tertiary/aromatic N) is 1. The highest BCUT2D eigenvalue weighted by molar-refractivity contribution is 5.95. The zero-order valence-electron chi connectivity index (χ0n) is 19.7. The lowest BCUT2D eigenvalue weighted by Gasteiger charge is -2.34. The van der Waals surface area contributed by atoms with Crippen LogP contribution in [0.4, 0.5) is 5.69 Å². The van der Waals surface area contributed by atoms with Crippen molar-refractivity contribution in [1.29, 1.82) is 0 Å². The van der Waals surface area contributed by atoms with E-state index in [2.05, 4.69) is 10.6 Å². The summed E-state index contributed by atoms with van der Waals surface area (Å²) in [5.41, 5.74) is 6.02. The van der Waals surface area contributed by atoms with E-state index in [4.69, 9.17) is 15.2 Å². The number of likely N-dealkylation sites (tertiary alicyclic amines) is 1. The Hall–Kier alpha value is -3.14. The second-order valence-corrected chi connectivity index (χ2v) is 9.01. The Morgan fingerprint density at radius 3 is 2.67 bits per heavy atom. The number of benzene rings is 1. The zero-order chi connectivity index (χ0) is 24.6. The summed E-state index contributed by atoms with van der Waals surface area (Å²) in [7, 11) is 1.47. The van der Waals surface area contributed by atoms with Crippen LogP contribution in [0.15, 0.2) is 18.2 Å². The minimum Gasteiger partial charge on any atom is -0.495 e. The van der Waals surface area contributed by atoms with Crippen molar-refractivity contribution >= 4 is 29.7 Å². The summed E-state index contributed by atoms with van der Waals surface area (Å²) in [6, 6.07) is 3.48. The molecule has 0 aliphatic carbocycles. The van der Waals surface area contributed by atoms with Gasteiger partial charge in [-0.3, -0.25) is 14.4 Å². The summed E-state index contributed by atoms with van der Waals surface area (Å²) in [6.07, 6.45) is 2.18. The molecule has 1 aromatic rings. The zero-order valence-corrected chi connectivity index (χ0v) is 19.7. The Balaban J connectivity index is 1.80. The van der Waals surface area contributed by atoms with Gasteiger partial charge in [-0.15, -0.1) is 0 Å². The van der Waals surface area contributed by atoms with Gasteiger partial charge in [-0.2, -0.15) is 0 Å². The molecule has 33 heavy (non-hydrogen) atoms. The molecule has 10 nitrogen and oxygen atoms in total. The van der Waals surface area contributed by atoms with E-state index in [-0.39, 0.29) is 31.6 Å². The number of amides is 3. The molecule has 1 aliphatic heterocycles. The Morgan fingerprint density at radius 1 is 1.30 bits per heavy atom. The van der Waals surface area contributed by atoms with E-state index >= 15 is 0 Å². The SMILES string of the molecule is COc1cc(C(=O)NCCOCC(=O)NC(C(=O)N2CCC[C@H]2C=O)C(C)(C)C)ccc1N. The van der Waals surface area contributed by atoms with E-state index in [1.54, 1.807) is 12.1 Å². The number of rotatable bonds is 10. The van der Waals surface area contributed by atoms with Crippen molar-refractivity contribution in [3.63, 3.8) is 0 Å². The number of hydrogen-bond donors (Lipinski definition) is 3. The molecular formula is C23H34N4O6. The van der Waals surface area contributed by atoms with Gasteiger partial charge in [0.2, 0.25) is 11.8 Å². The minimum absolute atomic E-state index is 0.110. The Kier molecular flexibility index (Phi) is 9.22. The standard InChI is InChI=1S/C23H34N4O6/c1-23(2,3)20(22(31)27-10-5-6-16(27)13-28)26-19(29)14-33-11-9-25-21(30)15-7-8-17(24)18(12-15)32-4/h7-8,12-13,16,20H,5-6,9-11,14,24H2,1-4H3,(H,25,30)(H,26,29)/t16-,20?/m0/s1. The van der Waals surface area contributed by atoms with Crippen LogP contribution in [0.5, 0.6) is 5.75 Å². The van der Waals surface area contributed by atoms with Crippen LogP contribution in [0.25, 0.3) is 0 Å². The number of anilines is 1. The molecule has 1 fully saturated rings. The second kappa shape index (κ2) is 11.6. The molecule has 0 bridgehead atoms. The van der Waals surface area contributed by atoms with E-state index in [1.165, 1.54) is 18.1 Å². The van der Waals surface area contributed by atoms with Gasteiger partial charge in [0.25, 0.3) is 5.91 Å². The maximum Gasteiger partial charge on any atom is 0.251 e. The van der Waals surface area contributed by atoms with Crippen LogP contribution in [-0.4, -0.2) is 74.4 Å². The average molecular weight is 463 g/mol. The fourth-order valence-corrected chi connectivity index (χ4v) is 3.58. The first-order valence-electron chi connectivity index (χ1n) is 10.9. The van der Waals surface area contributed by atoms with Crippen molar-refractivity contribution in [3.8, 4) is 5.75 Å². The van der Waals surface area contributed by atoms with Crippen molar-refractivity contribution in [2.45, 2.75) is 45.7 Å². The number of methoxy groups -OCH3 is 1. The van der Waals surface area contributed by atoms with Crippen molar-refractivity contribution < 1.29 is 28.7 Å². The molecule has 10 heteroatoms. The molecule has 1 heterocycles. The van der Waals surface area contributed by atoms with Crippen LogP contribution in [0.1, 0.15) is 44.0 Å². The largest absolute Gasteiger partial charge is 0.495 e. The molecule has 182 valence electrons. The molecular weight excluding hydrogens is 428 g/mol. The molecule has 1 saturated heterocycles. The van der Waals surface area contributed by atoms with E-state index in [0.29, 0.717) is 30.0 Å². The predicted octanol–water partition coefficient (Wildman–Crippen LogP) is 0.745. The summed E-state index contributed by atoms with van der Waals surface area (Å²) >= 11 is 0. The quantitative estimate of drug-likeness (QED) is 0.265. The normalized spacial score (nSPS) is 16.7. The number of nitrogen functional groups attached to an aromatic ring is 1. The number of nitrogens with two attached hydrogens (primary N) is 1. The summed E-state index contributed by atoms with van der Waals surface area (Å²) in [5.74, 6) is -0.627. The maximum absolute atomic E-state index is 13.0. The van der Waals surface area contributed by atoms with Crippen LogP contribution in [0.3, 0.4) is 0 Å². The van der Waals surface area contributed by atoms with E-state index < -0.39 is 23.4 Å². The smallest absolute Gasteiger partial charge is 0.251 e. The van der Waals surface area contributed by atoms with Gasteiger partial charge >= 0.3 is 0 Å². The lowest BCUT2D eigenvalue weighted by Crippen LogP contribution is -2.56. The van der Waals surface area contributed by atoms with Gasteiger partial charge < -0.3 is 35.5 Å². The molecule has 2 rings (SSSR count). The molecule has 4 N–H and O–H groups in total. The van der Waals surface area contributed by atoms with Crippen LogP contribution >= 0.6 is 0 Å². The molecule has 1 unspecified atom stereocenters. The minimum atomic E-state index is -0.783. The van der Waals surface area contributed by atoms with Crippen LogP contribution in [-0.2, 0) is 19.1 Å². The Bertz CT molecular complexity index is 867. The summed E-state index contributed by atoms with van der Waals surface area (Å²) in [5, 5.41) is 5.43. The van der Waals surface area contributed by atoms with Crippen molar-refractivity contribution in [2.24, 2.45) is 5.41 Å². The first kappa shape index (κ1) is 26.1. The second-order valence-electron chi connectivity index (χ2n) is 9.01. The number of ether oxygens (including phenoxy) is 2. The number of carbonyl (C=O) groups is 4. The summed E-state index contributed by atoms with van der Waals surface area (Å²) in [4.78, 5) is 50.4. The lowest BCUT2D eigenvalue weighted by molar-refractivity contribution is -0.142. The average Bonchev–Trinajstić information content (AvgIpc) is 3.25. The topological polar surface area (TPSA) is 140 Å². The number of hydrogen-bond acceptors (Lipinski definition) is 7. The van der Waals surface area contributed by atoms with Crippen molar-refractivity contribution in [1.82, 2.24) is 15.5 Å². The molecule has 2 atom stereocenters. The molecule has 0 radical (unpaired) electrons. The Morgan fingerprint density at radius 2 is 2.03 bits per heavy atom. The molecule has 1 aromatic carbocycles. The van der Waals surface area contributed by atoms with Gasteiger partial charge in [-0.25, -0.2) is 0 Å². The summed E-state index contributed by atoms with van der Waals surface area (Å²) in [6.45, 7) is 6.09. The van der Waals surface area contributed by atoms with E-state index in [1.807, 2.05) is 20.8 Å². The van der Waals surface area contributed by atoms with E-state index in [9.17, 15) is 19.2 Å². The van der Waals surface area contributed by atoms with Crippen molar-refractivity contribution in [2.75, 3.05) is 39.1 Å². The van der Waals surface area contributed by atoms with Crippen LogP contribution in [0, 0.1) is 5.41 Å². The monoisotopic (exact) mass is 462 g/mol. The first-order chi connectivity index (χ1) is 15.6. The number of aldehydes is 1. The lowest BCUT2D eigenvalue weighted by atomic mass is 9.85. The number of nitrogens with one attached hydrogen (secondary N) is 2. The fourth-order valence-electron chi connectivity index (χ4n) is 3.58. The van der Waals surface area contributed by atoms with Crippen molar-refractivity contribution in [3.05, 3.63) is 23.8 Å². The summed E-state index contributed by atoms with van der Waals surface area (Å²) < 4.78 is 10.5. The molecule has 0 spiro atoms. The van der Waals surface area contributed by atoms with Gasteiger partial charge in [0.05, 0.1) is 25.4 Å². The Labute approximate surface area is 194 Å². The third kappa shape index (κ3) is 7.18. The predicted molar refractivity (Wildman–Crippen MR) is 123 cm³/mol. The van der Waals surface area contributed by atoms with Gasteiger partial charge in [0, 0.05) is 18.7 Å². The highest BCUT2D eigenvalue weighted by atomic mass is 16.5. The molecule has 1 aliphatic rings. The highest BCUT2D eigenvalue weighted by Gasteiger charge is 2.39. The van der Waals surface area contributed by atoms with Crippen LogP contribution < -0.4 is 21.1 Å². The van der Waals surface area contributed by atoms with Crippen LogP contribution in [0.2, 0.25) is 0 Å². The molecule has 3 amide bonds. The van der Waals surface area contributed by atoms with Gasteiger partial charge in [0.1, 0.15) is 24.7 Å². The molecule has 0 aromatic heterocycles. The van der Waals surface area contributed by atoms with E-state index in [0.717, 1.165) is 12.7 Å². The third-order valence-corrected chi connectivity index (χ3v) is 5.42. The van der Waals surface area contributed by atoms with Gasteiger partial charge in [-0.1, -0.05) is 20.8 Å². The first-order valence-corrected chi connectivity index (χ1v) is 10.9. The number of carbonyl (C=O) groups excluding carboxylic acids is 4.